The van der Waals surface area contributed by atoms with Crippen LogP contribution in [0.5, 0.6) is 5.75 Å². The topological polar surface area (TPSA) is 83.0 Å². The Balaban J connectivity index is 1.78. The molecule has 0 unspecified atom stereocenters. The summed E-state index contributed by atoms with van der Waals surface area (Å²) in [6, 6.07) is 13.2. The molecule has 0 radical (unpaired) electrons. The SMILES string of the molecule is CCCCc1ccc2c(c1)sc(=NC(=O)c1cc3cccc(OC)c3o1)n2CC(=O)OCC. The molecule has 0 N–H and O–H groups in total. The molecule has 0 aliphatic rings. The van der Waals surface area contributed by atoms with E-state index in [4.69, 9.17) is 13.9 Å². The monoisotopic (exact) mass is 466 g/mol. The van der Waals surface area contributed by atoms with Crippen molar-refractivity contribution in [3.8, 4) is 5.75 Å². The highest BCUT2D eigenvalue weighted by atomic mass is 32.1. The highest BCUT2D eigenvalue weighted by molar-refractivity contribution is 7.16. The number of unbranched alkanes of at least 4 members (excludes halogenated alkanes) is 1. The van der Waals surface area contributed by atoms with Gasteiger partial charge in [-0.05, 0) is 49.6 Å². The summed E-state index contributed by atoms with van der Waals surface area (Å²) in [5, 5.41) is 0.754. The standard InChI is InChI=1S/C25H26N2O5S/c1-4-6-8-16-11-12-18-21(13-16)33-25(27(18)15-22(28)31-5-2)26-24(29)20-14-17-9-7-10-19(30-3)23(17)32-20/h7,9-14H,4-6,8,15H2,1-3H3. The molecule has 4 rings (SSSR count). The number of carbonyl (C=O) groups excluding carboxylic acids is 2. The van der Waals surface area contributed by atoms with Gasteiger partial charge in [0.1, 0.15) is 6.54 Å². The molecule has 0 atom stereocenters. The Hall–Kier alpha value is -3.39. The lowest BCUT2D eigenvalue weighted by atomic mass is 10.1. The summed E-state index contributed by atoms with van der Waals surface area (Å²) in [4.78, 5) is 30.0. The number of benzene rings is 2. The molecule has 0 bridgehead atoms. The zero-order valence-electron chi connectivity index (χ0n) is 18.9. The number of hydrogen-bond donors (Lipinski definition) is 0. The van der Waals surface area contributed by atoms with Crippen molar-refractivity contribution in [1.29, 1.82) is 0 Å². The van der Waals surface area contributed by atoms with Crippen LogP contribution >= 0.6 is 11.3 Å². The molecule has 172 valence electrons. The number of carbonyl (C=O) groups is 2. The number of esters is 1. The fourth-order valence-electron chi connectivity index (χ4n) is 3.67. The fraction of sp³-hybridized carbons (Fsp3) is 0.320. The zero-order valence-corrected chi connectivity index (χ0v) is 19.7. The lowest BCUT2D eigenvalue weighted by Gasteiger charge is -2.06. The summed E-state index contributed by atoms with van der Waals surface area (Å²) in [6.07, 6.45) is 3.20. The average molecular weight is 467 g/mol. The van der Waals surface area contributed by atoms with E-state index in [-0.39, 0.29) is 24.9 Å². The summed E-state index contributed by atoms with van der Waals surface area (Å²) >= 11 is 1.37. The average Bonchev–Trinajstić information content (AvgIpc) is 3.39. The van der Waals surface area contributed by atoms with E-state index >= 15 is 0 Å². The minimum atomic E-state index is -0.524. The van der Waals surface area contributed by atoms with Crippen LogP contribution in [0.25, 0.3) is 21.2 Å². The van der Waals surface area contributed by atoms with Crippen LogP contribution in [-0.4, -0.2) is 30.2 Å². The van der Waals surface area contributed by atoms with Gasteiger partial charge in [0.25, 0.3) is 0 Å². The number of para-hydroxylation sites is 1. The second kappa shape index (κ2) is 10.0. The fourth-order valence-corrected chi connectivity index (χ4v) is 4.76. The number of rotatable bonds is 8. The van der Waals surface area contributed by atoms with E-state index in [1.54, 1.807) is 30.7 Å². The first kappa shape index (κ1) is 22.8. The van der Waals surface area contributed by atoms with Gasteiger partial charge in [-0.15, -0.1) is 0 Å². The number of hydrogen-bond acceptors (Lipinski definition) is 6. The number of aryl methyl sites for hydroxylation is 1. The van der Waals surface area contributed by atoms with Crippen LogP contribution in [0.4, 0.5) is 0 Å². The van der Waals surface area contributed by atoms with Crippen molar-refractivity contribution in [3.05, 3.63) is 58.6 Å². The van der Waals surface area contributed by atoms with Gasteiger partial charge in [-0.1, -0.05) is 42.9 Å². The van der Waals surface area contributed by atoms with Crippen molar-refractivity contribution in [3.63, 3.8) is 0 Å². The van der Waals surface area contributed by atoms with Crippen LogP contribution in [-0.2, 0) is 22.5 Å². The molecule has 1 amide bonds. The Kier molecular flexibility index (Phi) is 6.93. The van der Waals surface area contributed by atoms with Crippen LogP contribution in [0, 0.1) is 0 Å². The number of thiazole rings is 1. The van der Waals surface area contributed by atoms with E-state index in [0.717, 1.165) is 34.9 Å². The Morgan fingerprint density at radius 2 is 2.00 bits per heavy atom. The van der Waals surface area contributed by atoms with Crippen molar-refractivity contribution in [1.82, 2.24) is 4.57 Å². The second-order valence-corrected chi connectivity index (χ2v) is 8.60. The Labute approximate surface area is 195 Å². The zero-order chi connectivity index (χ0) is 23.4. The number of nitrogens with zero attached hydrogens (tertiary/aromatic N) is 2. The van der Waals surface area contributed by atoms with Crippen LogP contribution in [0.1, 0.15) is 42.8 Å². The molecular weight excluding hydrogens is 440 g/mol. The molecule has 0 fully saturated rings. The molecule has 2 aromatic carbocycles. The third kappa shape index (κ3) is 4.85. The smallest absolute Gasteiger partial charge is 0.326 e. The number of ether oxygens (including phenoxy) is 2. The first-order chi connectivity index (χ1) is 16.0. The summed E-state index contributed by atoms with van der Waals surface area (Å²) in [7, 11) is 1.55. The summed E-state index contributed by atoms with van der Waals surface area (Å²) < 4.78 is 18.9. The van der Waals surface area contributed by atoms with Gasteiger partial charge in [-0.2, -0.15) is 4.99 Å². The molecule has 0 aliphatic carbocycles. The Morgan fingerprint density at radius 1 is 1.15 bits per heavy atom. The van der Waals surface area contributed by atoms with Crippen molar-refractivity contribution in [2.45, 2.75) is 39.7 Å². The molecule has 0 saturated heterocycles. The molecule has 7 nitrogen and oxygen atoms in total. The van der Waals surface area contributed by atoms with Gasteiger partial charge in [-0.25, -0.2) is 0 Å². The van der Waals surface area contributed by atoms with Crippen LogP contribution in [0.15, 0.2) is 51.9 Å². The largest absolute Gasteiger partial charge is 0.493 e. The molecule has 33 heavy (non-hydrogen) atoms. The van der Waals surface area contributed by atoms with E-state index < -0.39 is 5.91 Å². The van der Waals surface area contributed by atoms with Crippen LogP contribution < -0.4 is 9.54 Å². The normalized spacial score (nSPS) is 11.9. The maximum absolute atomic E-state index is 13.0. The quantitative estimate of drug-likeness (QED) is 0.337. The molecule has 0 spiro atoms. The van der Waals surface area contributed by atoms with Crippen molar-refractivity contribution in [2.24, 2.45) is 4.99 Å². The third-order valence-electron chi connectivity index (χ3n) is 5.29. The van der Waals surface area contributed by atoms with E-state index in [9.17, 15) is 9.59 Å². The second-order valence-electron chi connectivity index (χ2n) is 7.59. The highest BCUT2D eigenvalue weighted by Gasteiger charge is 2.17. The lowest BCUT2D eigenvalue weighted by Crippen LogP contribution is -2.23. The molecule has 4 aromatic rings. The van der Waals surface area contributed by atoms with E-state index in [1.165, 1.54) is 16.9 Å². The van der Waals surface area contributed by atoms with Gasteiger partial charge in [0.15, 0.2) is 21.9 Å². The van der Waals surface area contributed by atoms with Gasteiger partial charge < -0.3 is 18.5 Å². The summed E-state index contributed by atoms with van der Waals surface area (Å²) in [5.74, 6) is -0.248. The summed E-state index contributed by atoms with van der Waals surface area (Å²) in [6.45, 7) is 4.18. The van der Waals surface area contributed by atoms with Gasteiger partial charge >= 0.3 is 11.9 Å². The molecule has 8 heteroatoms. The number of aromatic nitrogens is 1. The van der Waals surface area contributed by atoms with Gasteiger partial charge in [-0.3, -0.25) is 9.59 Å². The number of amides is 1. The van der Waals surface area contributed by atoms with E-state index in [0.29, 0.717) is 16.1 Å². The Bertz CT molecular complexity index is 1380. The minimum absolute atomic E-state index is 0.0256. The van der Waals surface area contributed by atoms with Crippen LogP contribution in [0.3, 0.4) is 0 Å². The van der Waals surface area contributed by atoms with Gasteiger partial charge in [0.2, 0.25) is 0 Å². The predicted octanol–water partition coefficient (Wildman–Crippen LogP) is 5.10. The predicted molar refractivity (Wildman–Crippen MR) is 128 cm³/mol. The van der Waals surface area contributed by atoms with Gasteiger partial charge in [0.05, 0.1) is 23.9 Å². The minimum Gasteiger partial charge on any atom is -0.493 e. The molecule has 0 aliphatic heterocycles. The van der Waals surface area contributed by atoms with Gasteiger partial charge in [0, 0.05) is 5.39 Å². The maximum atomic E-state index is 13.0. The number of furan rings is 1. The third-order valence-corrected chi connectivity index (χ3v) is 6.34. The van der Waals surface area contributed by atoms with Crippen LogP contribution in [0.2, 0.25) is 0 Å². The number of methoxy groups -OCH3 is 1. The van der Waals surface area contributed by atoms with E-state index in [2.05, 4.69) is 24.0 Å². The highest BCUT2D eigenvalue weighted by Crippen LogP contribution is 2.29. The molecular formula is C25H26N2O5S. The first-order valence-corrected chi connectivity index (χ1v) is 11.8. The summed E-state index contributed by atoms with van der Waals surface area (Å²) in [5.41, 5.74) is 2.55. The van der Waals surface area contributed by atoms with Crippen molar-refractivity contribution in [2.75, 3.05) is 13.7 Å². The Morgan fingerprint density at radius 3 is 2.76 bits per heavy atom. The molecule has 2 aromatic heterocycles. The molecule has 0 saturated carbocycles. The first-order valence-electron chi connectivity index (χ1n) is 11.0. The maximum Gasteiger partial charge on any atom is 0.326 e. The lowest BCUT2D eigenvalue weighted by molar-refractivity contribution is -0.143. The van der Waals surface area contributed by atoms with Crippen molar-refractivity contribution >= 4 is 44.4 Å². The van der Waals surface area contributed by atoms with E-state index in [1.807, 2.05) is 18.2 Å². The van der Waals surface area contributed by atoms with Crippen molar-refractivity contribution < 1.29 is 23.5 Å². The number of fused-ring (bicyclic) bond motifs is 2. The molecule has 2 heterocycles.